The molecule has 2 aromatic carbocycles. The minimum atomic E-state index is 0.451. The molecular weight excluding hydrogens is 278 g/mol. The first kappa shape index (κ1) is 15.9. The van der Waals surface area contributed by atoms with Crippen LogP contribution >= 0.6 is 0 Å². The summed E-state index contributed by atoms with van der Waals surface area (Å²) in [6, 6.07) is 11.5. The van der Waals surface area contributed by atoms with Crippen LogP contribution in [-0.4, -0.2) is 24.6 Å². The number of rotatable bonds is 6. The Balaban J connectivity index is 1.90. The number of aryl methyl sites for hydroxylation is 2. The van der Waals surface area contributed by atoms with Crippen molar-refractivity contribution in [3.8, 4) is 11.5 Å². The van der Waals surface area contributed by atoms with Crippen LogP contribution in [0.1, 0.15) is 22.3 Å². The van der Waals surface area contributed by atoms with E-state index in [1.165, 1.54) is 17.3 Å². The van der Waals surface area contributed by atoms with Gasteiger partial charge in [-0.3, -0.25) is 0 Å². The summed E-state index contributed by atoms with van der Waals surface area (Å²) < 4.78 is 11.5. The Bertz CT molecular complexity index is 665. The van der Waals surface area contributed by atoms with Crippen molar-refractivity contribution < 1.29 is 14.7 Å². The molecule has 1 N–H and O–H groups in total. The van der Waals surface area contributed by atoms with Crippen molar-refractivity contribution in [3.05, 3.63) is 58.7 Å². The third kappa shape index (κ3) is 4.01. The lowest BCUT2D eigenvalue weighted by atomic mass is 10.1. The number of benzene rings is 2. The molecule has 0 aliphatic rings. The first-order chi connectivity index (χ1) is 10.6. The lowest BCUT2D eigenvalue weighted by Crippen LogP contribution is -2.10. The van der Waals surface area contributed by atoms with Gasteiger partial charge in [0.05, 0.1) is 6.21 Å². The Morgan fingerprint density at radius 1 is 1.00 bits per heavy atom. The van der Waals surface area contributed by atoms with Crippen LogP contribution < -0.4 is 9.47 Å². The fourth-order valence-corrected chi connectivity index (χ4v) is 2.20. The first-order valence-electron chi connectivity index (χ1n) is 7.21. The Morgan fingerprint density at radius 2 is 1.73 bits per heavy atom. The molecule has 0 radical (unpaired) electrons. The van der Waals surface area contributed by atoms with E-state index in [9.17, 15) is 0 Å². The van der Waals surface area contributed by atoms with Gasteiger partial charge in [-0.1, -0.05) is 29.4 Å². The zero-order valence-corrected chi connectivity index (χ0v) is 13.2. The molecule has 22 heavy (non-hydrogen) atoms. The predicted octanol–water partition coefficient (Wildman–Crippen LogP) is 3.88. The van der Waals surface area contributed by atoms with Crippen molar-refractivity contribution in [2.75, 3.05) is 13.2 Å². The summed E-state index contributed by atoms with van der Waals surface area (Å²) in [4.78, 5) is 0. The van der Waals surface area contributed by atoms with Gasteiger partial charge in [-0.25, -0.2) is 0 Å². The maximum atomic E-state index is 8.53. The Hall–Kier alpha value is -2.49. The summed E-state index contributed by atoms with van der Waals surface area (Å²) in [6.07, 6.45) is 1.36. The van der Waals surface area contributed by atoms with Crippen LogP contribution in [0.2, 0.25) is 0 Å². The third-order valence-electron chi connectivity index (χ3n) is 3.54. The molecular formula is C18H21NO3. The zero-order valence-electron chi connectivity index (χ0n) is 13.2. The summed E-state index contributed by atoms with van der Waals surface area (Å²) in [5.74, 6) is 1.66. The molecule has 0 bridgehead atoms. The average molecular weight is 299 g/mol. The molecule has 0 amide bonds. The Labute approximate surface area is 131 Å². The molecule has 0 unspecified atom stereocenters. The van der Waals surface area contributed by atoms with Crippen LogP contribution in [0.3, 0.4) is 0 Å². The van der Waals surface area contributed by atoms with Gasteiger partial charge in [-0.15, -0.1) is 0 Å². The highest BCUT2D eigenvalue weighted by molar-refractivity contribution is 5.79. The molecule has 0 saturated heterocycles. The van der Waals surface area contributed by atoms with Gasteiger partial charge in [0, 0.05) is 0 Å². The first-order valence-corrected chi connectivity index (χ1v) is 7.21. The van der Waals surface area contributed by atoms with Crippen LogP contribution in [-0.2, 0) is 0 Å². The van der Waals surface area contributed by atoms with E-state index in [1.54, 1.807) is 0 Å². The Kier molecular flexibility index (Phi) is 5.42. The molecule has 2 aromatic rings. The smallest absolute Gasteiger partial charge is 0.125 e. The van der Waals surface area contributed by atoms with Gasteiger partial charge in [0.25, 0.3) is 0 Å². The second-order valence-corrected chi connectivity index (χ2v) is 5.17. The van der Waals surface area contributed by atoms with Crippen molar-refractivity contribution in [2.45, 2.75) is 20.8 Å². The van der Waals surface area contributed by atoms with E-state index in [0.29, 0.717) is 13.2 Å². The summed E-state index contributed by atoms with van der Waals surface area (Å²) in [7, 11) is 0. The highest BCUT2D eigenvalue weighted by atomic mass is 16.5. The van der Waals surface area contributed by atoms with Gasteiger partial charge in [0.1, 0.15) is 24.7 Å². The van der Waals surface area contributed by atoms with E-state index in [1.807, 2.05) is 31.2 Å². The molecule has 0 aliphatic heterocycles. The molecule has 2 rings (SSSR count). The van der Waals surface area contributed by atoms with Crippen LogP contribution in [0.5, 0.6) is 11.5 Å². The zero-order chi connectivity index (χ0) is 15.9. The van der Waals surface area contributed by atoms with E-state index >= 15 is 0 Å². The molecule has 0 spiro atoms. The van der Waals surface area contributed by atoms with E-state index < -0.39 is 0 Å². The fourth-order valence-electron chi connectivity index (χ4n) is 2.20. The largest absolute Gasteiger partial charge is 0.490 e. The SMILES string of the molecule is Cc1ccc(C)c(OCCOc2cccc(C=NO)c2)c1C. The average Bonchev–Trinajstić information content (AvgIpc) is 2.51. The van der Waals surface area contributed by atoms with Crippen molar-refractivity contribution in [1.29, 1.82) is 0 Å². The quantitative estimate of drug-likeness (QED) is 0.381. The van der Waals surface area contributed by atoms with Crippen LogP contribution in [0, 0.1) is 20.8 Å². The number of hydrogen-bond acceptors (Lipinski definition) is 4. The minimum Gasteiger partial charge on any atom is -0.490 e. The monoisotopic (exact) mass is 299 g/mol. The molecule has 4 heteroatoms. The van der Waals surface area contributed by atoms with Gasteiger partial charge >= 0.3 is 0 Å². The van der Waals surface area contributed by atoms with Crippen LogP contribution in [0.4, 0.5) is 0 Å². The highest BCUT2D eigenvalue weighted by Crippen LogP contribution is 2.25. The molecule has 4 nitrogen and oxygen atoms in total. The molecule has 0 saturated carbocycles. The number of oxime groups is 1. The maximum absolute atomic E-state index is 8.53. The van der Waals surface area contributed by atoms with E-state index in [4.69, 9.17) is 14.7 Å². The number of hydrogen-bond donors (Lipinski definition) is 1. The minimum absolute atomic E-state index is 0.451. The van der Waals surface area contributed by atoms with E-state index in [-0.39, 0.29) is 0 Å². The maximum Gasteiger partial charge on any atom is 0.125 e. The fraction of sp³-hybridized carbons (Fsp3) is 0.278. The molecule has 0 atom stereocenters. The van der Waals surface area contributed by atoms with E-state index in [0.717, 1.165) is 22.6 Å². The van der Waals surface area contributed by atoms with Gasteiger partial charge in [-0.2, -0.15) is 0 Å². The topological polar surface area (TPSA) is 51.0 Å². The van der Waals surface area contributed by atoms with E-state index in [2.05, 4.69) is 31.1 Å². The lowest BCUT2D eigenvalue weighted by molar-refractivity contribution is 0.215. The second-order valence-electron chi connectivity index (χ2n) is 5.17. The van der Waals surface area contributed by atoms with Crippen molar-refractivity contribution in [2.24, 2.45) is 5.16 Å². The molecule has 0 aromatic heterocycles. The van der Waals surface area contributed by atoms with Crippen molar-refractivity contribution in [1.82, 2.24) is 0 Å². The summed E-state index contributed by atoms with van der Waals surface area (Å²) in [6.45, 7) is 7.11. The number of ether oxygens (including phenoxy) is 2. The normalized spacial score (nSPS) is 10.9. The van der Waals surface area contributed by atoms with Crippen molar-refractivity contribution in [3.63, 3.8) is 0 Å². The second kappa shape index (κ2) is 7.50. The standard InChI is InChI=1S/C18H21NO3/c1-13-7-8-14(2)18(15(13)3)22-10-9-21-17-6-4-5-16(11-17)12-19-20/h4-8,11-12,20H,9-10H2,1-3H3. The summed E-state index contributed by atoms with van der Waals surface area (Å²) >= 11 is 0. The summed E-state index contributed by atoms with van der Waals surface area (Å²) in [5, 5.41) is 11.5. The Morgan fingerprint density at radius 3 is 2.50 bits per heavy atom. The predicted molar refractivity (Wildman–Crippen MR) is 87.5 cm³/mol. The van der Waals surface area contributed by atoms with Crippen LogP contribution in [0.15, 0.2) is 41.6 Å². The lowest BCUT2D eigenvalue weighted by Gasteiger charge is -2.14. The van der Waals surface area contributed by atoms with Crippen molar-refractivity contribution >= 4 is 6.21 Å². The highest BCUT2D eigenvalue weighted by Gasteiger charge is 2.06. The van der Waals surface area contributed by atoms with Gasteiger partial charge in [0.2, 0.25) is 0 Å². The van der Waals surface area contributed by atoms with Gasteiger partial charge in [-0.05, 0) is 55.2 Å². The number of nitrogens with zero attached hydrogens (tertiary/aromatic N) is 1. The molecule has 0 fully saturated rings. The molecule has 116 valence electrons. The molecule has 0 aliphatic carbocycles. The van der Waals surface area contributed by atoms with Crippen LogP contribution in [0.25, 0.3) is 0 Å². The third-order valence-corrected chi connectivity index (χ3v) is 3.54. The summed E-state index contributed by atoms with van der Waals surface area (Å²) in [5.41, 5.74) is 4.30. The van der Waals surface area contributed by atoms with Gasteiger partial charge in [0.15, 0.2) is 0 Å². The van der Waals surface area contributed by atoms with Gasteiger partial charge < -0.3 is 14.7 Å². The molecule has 0 heterocycles.